The van der Waals surface area contributed by atoms with Crippen LogP contribution in [-0.4, -0.2) is 58.2 Å². The third-order valence-corrected chi connectivity index (χ3v) is 3.73. The van der Waals surface area contributed by atoms with E-state index in [4.69, 9.17) is 4.74 Å². The van der Waals surface area contributed by atoms with Crippen LogP contribution in [0.25, 0.3) is 5.65 Å². The maximum atomic E-state index is 12.6. The molecule has 0 saturated carbocycles. The molecule has 1 N–H and O–H groups in total. The molecule has 2 aromatic heterocycles. The van der Waals surface area contributed by atoms with E-state index in [9.17, 15) is 14.7 Å². The molecular weight excluding hydrogens is 286 g/mol. The third-order valence-electron chi connectivity index (χ3n) is 3.73. The van der Waals surface area contributed by atoms with Gasteiger partial charge < -0.3 is 14.7 Å². The number of fused-ring (bicyclic) bond motifs is 1. The van der Waals surface area contributed by atoms with Crippen LogP contribution in [0.5, 0.6) is 0 Å². The third kappa shape index (κ3) is 2.72. The van der Waals surface area contributed by atoms with Crippen LogP contribution < -0.4 is 5.56 Å². The fourth-order valence-corrected chi connectivity index (χ4v) is 2.52. The number of ether oxygens (including phenoxy) is 1. The maximum Gasteiger partial charge on any atom is 0.270 e. The fourth-order valence-electron chi connectivity index (χ4n) is 2.52. The Morgan fingerprint density at radius 1 is 1.45 bits per heavy atom. The number of nitrogens with zero attached hydrogens (tertiary/aromatic N) is 3. The molecular formula is C15H17N3O4. The summed E-state index contributed by atoms with van der Waals surface area (Å²) >= 11 is 0. The van der Waals surface area contributed by atoms with E-state index >= 15 is 0 Å². The van der Waals surface area contributed by atoms with E-state index in [1.54, 1.807) is 29.3 Å². The molecule has 1 aliphatic rings. The van der Waals surface area contributed by atoms with Crippen LogP contribution in [0.1, 0.15) is 10.4 Å². The summed E-state index contributed by atoms with van der Waals surface area (Å²) in [7, 11) is 0. The topological polar surface area (TPSA) is 84.1 Å². The lowest BCUT2D eigenvalue weighted by atomic mass is 10.1. The summed E-state index contributed by atoms with van der Waals surface area (Å²) in [4.78, 5) is 30.8. The highest BCUT2D eigenvalue weighted by Gasteiger charge is 2.25. The molecule has 0 radical (unpaired) electrons. The van der Waals surface area contributed by atoms with Crippen molar-refractivity contribution in [1.29, 1.82) is 0 Å². The van der Waals surface area contributed by atoms with E-state index in [1.807, 2.05) is 0 Å². The Morgan fingerprint density at radius 3 is 3.14 bits per heavy atom. The molecule has 3 heterocycles. The first-order valence-electron chi connectivity index (χ1n) is 7.15. The zero-order valence-electron chi connectivity index (χ0n) is 12.0. The van der Waals surface area contributed by atoms with Crippen LogP contribution in [0.2, 0.25) is 0 Å². The van der Waals surface area contributed by atoms with Gasteiger partial charge in [-0.1, -0.05) is 6.07 Å². The highest BCUT2D eigenvalue weighted by atomic mass is 16.5. The van der Waals surface area contributed by atoms with Gasteiger partial charge in [-0.15, -0.1) is 0 Å². The Balaban J connectivity index is 1.94. The number of aromatic nitrogens is 2. The molecule has 1 unspecified atom stereocenters. The van der Waals surface area contributed by atoms with Gasteiger partial charge in [0.2, 0.25) is 0 Å². The Labute approximate surface area is 126 Å². The second-order valence-electron chi connectivity index (χ2n) is 5.28. The van der Waals surface area contributed by atoms with Gasteiger partial charge in [-0.3, -0.25) is 14.0 Å². The van der Waals surface area contributed by atoms with Crippen molar-refractivity contribution in [3.8, 4) is 0 Å². The highest BCUT2D eigenvalue weighted by molar-refractivity contribution is 5.93. The molecule has 3 rings (SSSR count). The molecule has 116 valence electrons. The monoisotopic (exact) mass is 303 g/mol. The van der Waals surface area contributed by atoms with E-state index in [2.05, 4.69) is 4.98 Å². The smallest absolute Gasteiger partial charge is 0.270 e. The summed E-state index contributed by atoms with van der Waals surface area (Å²) in [6.45, 7) is 1.51. The summed E-state index contributed by atoms with van der Waals surface area (Å²) in [5.74, 6) is -0.512. The molecule has 0 spiro atoms. The van der Waals surface area contributed by atoms with Crippen molar-refractivity contribution >= 4 is 11.6 Å². The standard InChI is InChI=1S/C15H17N3O4/c19-9-11-8-17(5-6-22-10-11)14(20)12-7-16-13-3-1-2-4-18(13)15(12)21/h1-4,7,11,19H,5-6,8-10H2. The number of hydrogen-bond donors (Lipinski definition) is 1. The molecule has 7 heteroatoms. The zero-order chi connectivity index (χ0) is 15.5. The minimum absolute atomic E-state index is 0.0299. The molecule has 1 fully saturated rings. The average Bonchev–Trinajstić information content (AvgIpc) is 2.80. The molecule has 2 aromatic rings. The van der Waals surface area contributed by atoms with Crippen molar-refractivity contribution in [2.75, 3.05) is 32.9 Å². The molecule has 22 heavy (non-hydrogen) atoms. The Hall–Kier alpha value is -2.25. The second kappa shape index (κ2) is 6.25. The number of aliphatic hydroxyl groups excluding tert-OH is 1. The summed E-state index contributed by atoms with van der Waals surface area (Å²) in [5, 5.41) is 9.29. The van der Waals surface area contributed by atoms with E-state index in [0.29, 0.717) is 32.0 Å². The van der Waals surface area contributed by atoms with Crippen molar-refractivity contribution in [2.24, 2.45) is 5.92 Å². The van der Waals surface area contributed by atoms with Crippen molar-refractivity contribution in [2.45, 2.75) is 0 Å². The maximum absolute atomic E-state index is 12.6. The molecule has 1 saturated heterocycles. The molecule has 1 atom stereocenters. The number of rotatable bonds is 2. The van der Waals surface area contributed by atoms with Gasteiger partial charge in [0.05, 0.1) is 13.2 Å². The average molecular weight is 303 g/mol. The van der Waals surface area contributed by atoms with Gasteiger partial charge in [0.1, 0.15) is 11.2 Å². The lowest BCUT2D eigenvalue weighted by Crippen LogP contribution is -2.39. The Morgan fingerprint density at radius 2 is 2.32 bits per heavy atom. The molecule has 7 nitrogen and oxygen atoms in total. The van der Waals surface area contributed by atoms with Crippen LogP contribution in [0.3, 0.4) is 0 Å². The zero-order valence-corrected chi connectivity index (χ0v) is 12.0. The summed E-state index contributed by atoms with van der Waals surface area (Å²) in [5.41, 5.74) is 0.139. The van der Waals surface area contributed by atoms with Crippen molar-refractivity contribution < 1.29 is 14.6 Å². The first-order valence-corrected chi connectivity index (χ1v) is 7.15. The van der Waals surface area contributed by atoms with E-state index in [0.717, 1.165) is 0 Å². The fraction of sp³-hybridized carbons (Fsp3) is 0.400. The first-order chi connectivity index (χ1) is 10.7. The lowest BCUT2D eigenvalue weighted by molar-refractivity contribution is 0.0726. The largest absolute Gasteiger partial charge is 0.396 e. The van der Waals surface area contributed by atoms with Crippen LogP contribution >= 0.6 is 0 Å². The normalized spacial score (nSPS) is 19.1. The van der Waals surface area contributed by atoms with Crippen LogP contribution in [0.4, 0.5) is 0 Å². The van der Waals surface area contributed by atoms with Gasteiger partial charge in [0.15, 0.2) is 0 Å². The van der Waals surface area contributed by atoms with Gasteiger partial charge in [-0.25, -0.2) is 4.98 Å². The van der Waals surface area contributed by atoms with Gasteiger partial charge in [-0.2, -0.15) is 0 Å². The number of carbonyl (C=O) groups is 1. The van der Waals surface area contributed by atoms with E-state index < -0.39 is 0 Å². The number of hydrogen-bond acceptors (Lipinski definition) is 5. The number of pyridine rings is 1. The Bertz CT molecular complexity index is 743. The van der Waals surface area contributed by atoms with Crippen molar-refractivity contribution in [1.82, 2.24) is 14.3 Å². The summed E-state index contributed by atoms with van der Waals surface area (Å²) in [6.07, 6.45) is 2.91. The number of amides is 1. The Kier molecular flexibility index (Phi) is 4.17. The summed E-state index contributed by atoms with van der Waals surface area (Å²) in [6, 6.07) is 5.20. The lowest BCUT2D eigenvalue weighted by Gasteiger charge is -2.22. The van der Waals surface area contributed by atoms with Crippen molar-refractivity contribution in [3.63, 3.8) is 0 Å². The first kappa shape index (κ1) is 14.7. The van der Waals surface area contributed by atoms with Gasteiger partial charge in [-0.05, 0) is 12.1 Å². The summed E-state index contributed by atoms with van der Waals surface area (Å²) < 4.78 is 6.71. The van der Waals surface area contributed by atoms with Crippen molar-refractivity contribution in [3.05, 3.63) is 46.5 Å². The van der Waals surface area contributed by atoms with E-state index in [1.165, 1.54) is 10.6 Å². The van der Waals surface area contributed by atoms with Gasteiger partial charge in [0.25, 0.3) is 11.5 Å². The quantitative estimate of drug-likeness (QED) is 0.829. The van der Waals surface area contributed by atoms with E-state index in [-0.39, 0.29) is 29.6 Å². The number of aliphatic hydroxyl groups is 1. The molecule has 0 aliphatic carbocycles. The minimum atomic E-state index is -0.388. The molecule has 1 amide bonds. The highest BCUT2D eigenvalue weighted by Crippen LogP contribution is 2.09. The van der Waals surface area contributed by atoms with Crippen LogP contribution in [0, 0.1) is 5.92 Å². The van der Waals surface area contributed by atoms with Crippen LogP contribution in [-0.2, 0) is 4.74 Å². The molecule has 0 bridgehead atoms. The minimum Gasteiger partial charge on any atom is -0.396 e. The number of carbonyl (C=O) groups excluding carboxylic acids is 1. The predicted molar refractivity (Wildman–Crippen MR) is 78.8 cm³/mol. The second-order valence-corrected chi connectivity index (χ2v) is 5.28. The molecule has 1 aliphatic heterocycles. The predicted octanol–water partition coefficient (Wildman–Crippen LogP) is -0.225. The SMILES string of the molecule is O=C(c1cnc2ccccn2c1=O)N1CCOCC(CO)C1. The van der Waals surface area contributed by atoms with Gasteiger partial charge in [0, 0.05) is 38.0 Å². The van der Waals surface area contributed by atoms with Crippen LogP contribution in [0.15, 0.2) is 35.4 Å². The van der Waals surface area contributed by atoms with Gasteiger partial charge >= 0.3 is 0 Å². The molecule has 0 aromatic carbocycles.